The van der Waals surface area contributed by atoms with Gasteiger partial charge in [0.1, 0.15) is 17.7 Å². The summed E-state index contributed by atoms with van der Waals surface area (Å²) in [4.78, 5) is 44.5. The molecule has 3 heterocycles. The van der Waals surface area contributed by atoms with E-state index in [0.717, 1.165) is 5.56 Å². The normalized spacial score (nSPS) is 21.7. The predicted octanol–water partition coefficient (Wildman–Crippen LogP) is 0.581. The number of amides is 2. The van der Waals surface area contributed by atoms with E-state index in [1.165, 1.54) is 20.3 Å². The zero-order chi connectivity index (χ0) is 17.6. The Morgan fingerprint density at radius 3 is 2.54 bits per heavy atom. The number of hydrogen-bond donors (Lipinski definition) is 0. The quantitative estimate of drug-likeness (QED) is 0.808. The lowest BCUT2D eigenvalue weighted by Crippen LogP contribution is -2.61. The molecule has 1 aliphatic heterocycles. The number of carbonyl (C=O) groups excluding carboxylic acids is 2. The van der Waals surface area contributed by atoms with Crippen LogP contribution in [-0.2, 0) is 16.1 Å². The lowest BCUT2D eigenvalue weighted by molar-refractivity contribution is -0.159. The molecule has 7 heteroatoms. The molecule has 0 saturated carbocycles. The van der Waals surface area contributed by atoms with Gasteiger partial charge in [-0.25, -0.2) is 4.98 Å². The second-order valence-corrected chi connectivity index (χ2v) is 6.24. The highest BCUT2D eigenvalue weighted by Gasteiger charge is 2.39. The first-order valence-corrected chi connectivity index (χ1v) is 7.86. The fraction of sp³-hybridized carbons (Fsp3) is 0.412. The van der Waals surface area contributed by atoms with E-state index in [9.17, 15) is 14.4 Å². The van der Waals surface area contributed by atoms with Crippen LogP contribution in [0.4, 0.5) is 0 Å². The van der Waals surface area contributed by atoms with Gasteiger partial charge in [-0.15, -0.1) is 0 Å². The number of rotatable bonds is 2. The van der Waals surface area contributed by atoms with Crippen molar-refractivity contribution in [2.24, 2.45) is 0 Å². The van der Waals surface area contributed by atoms with Gasteiger partial charge in [0.05, 0.1) is 12.2 Å². The Labute approximate surface area is 139 Å². The van der Waals surface area contributed by atoms with E-state index in [1.807, 2.05) is 13.0 Å². The lowest BCUT2D eigenvalue weighted by atomic mass is 10.1. The Kier molecular flexibility index (Phi) is 3.87. The zero-order valence-corrected chi connectivity index (χ0v) is 14.2. The van der Waals surface area contributed by atoms with Crippen LogP contribution >= 0.6 is 0 Å². The SMILES string of the molecule is Cc1cccn2c(=O)cc(CN3C(=O)[C@H](C)N(C)C(=O)[C@@H]3C)nc12. The van der Waals surface area contributed by atoms with Gasteiger partial charge in [0.25, 0.3) is 5.56 Å². The van der Waals surface area contributed by atoms with E-state index in [0.29, 0.717) is 11.3 Å². The maximum Gasteiger partial charge on any atom is 0.258 e. The summed E-state index contributed by atoms with van der Waals surface area (Å²) in [6.45, 7) is 5.42. The van der Waals surface area contributed by atoms with Crippen LogP contribution in [0.5, 0.6) is 0 Å². The number of pyridine rings is 1. The molecule has 0 N–H and O–H groups in total. The van der Waals surface area contributed by atoms with E-state index in [2.05, 4.69) is 4.98 Å². The predicted molar refractivity (Wildman–Crippen MR) is 88.4 cm³/mol. The summed E-state index contributed by atoms with van der Waals surface area (Å²) < 4.78 is 1.47. The van der Waals surface area contributed by atoms with Crippen LogP contribution < -0.4 is 5.56 Å². The molecule has 0 spiro atoms. The van der Waals surface area contributed by atoms with Gasteiger partial charge in [0.15, 0.2) is 0 Å². The molecule has 2 amide bonds. The second kappa shape index (κ2) is 5.74. The zero-order valence-electron chi connectivity index (χ0n) is 14.2. The lowest BCUT2D eigenvalue weighted by Gasteiger charge is -2.40. The van der Waals surface area contributed by atoms with Crippen molar-refractivity contribution in [2.45, 2.75) is 39.4 Å². The summed E-state index contributed by atoms with van der Waals surface area (Å²) in [6, 6.07) is 3.99. The molecule has 3 rings (SSSR count). The van der Waals surface area contributed by atoms with Gasteiger partial charge in [-0.3, -0.25) is 18.8 Å². The maximum absolute atomic E-state index is 12.5. The number of piperazine rings is 1. The van der Waals surface area contributed by atoms with E-state index in [1.54, 1.807) is 33.2 Å². The third kappa shape index (κ3) is 2.46. The van der Waals surface area contributed by atoms with Crippen molar-refractivity contribution in [3.05, 3.63) is 46.0 Å². The van der Waals surface area contributed by atoms with Gasteiger partial charge in [0.2, 0.25) is 11.8 Å². The molecular weight excluding hydrogens is 308 g/mol. The molecule has 1 aliphatic rings. The summed E-state index contributed by atoms with van der Waals surface area (Å²) in [6.07, 6.45) is 1.66. The van der Waals surface area contributed by atoms with Crippen LogP contribution in [0.3, 0.4) is 0 Å². The Hall–Kier alpha value is -2.70. The molecule has 0 aromatic carbocycles. The van der Waals surface area contributed by atoms with Crippen LogP contribution in [0.15, 0.2) is 29.2 Å². The standard InChI is InChI=1S/C17H20N4O3/c1-10-6-5-7-20-14(22)8-13(18-15(10)20)9-21-12(3)16(23)19(4)11(2)17(21)24/h5-8,11-12H,9H2,1-4H3/t11-,12-/m0/s1. The van der Waals surface area contributed by atoms with Crippen molar-refractivity contribution in [1.82, 2.24) is 19.2 Å². The van der Waals surface area contributed by atoms with Gasteiger partial charge in [-0.1, -0.05) is 6.07 Å². The molecule has 7 nitrogen and oxygen atoms in total. The van der Waals surface area contributed by atoms with Crippen molar-refractivity contribution in [3.8, 4) is 0 Å². The van der Waals surface area contributed by atoms with Crippen LogP contribution in [-0.4, -0.2) is 50.1 Å². The molecule has 1 saturated heterocycles. The number of likely N-dealkylation sites (N-methyl/N-ethyl adjacent to an activating group) is 1. The van der Waals surface area contributed by atoms with E-state index < -0.39 is 12.1 Å². The number of carbonyl (C=O) groups is 2. The highest BCUT2D eigenvalue weighted by atomic mass is 16.2. The van der Waals surface area contributed by atoms with E-state index in [4.69, 9.17) is 0 Å². The summed E-state index contributed by atoms with van der Waals surface area (Å²) in [7, 11) is 1.63. The number of hydrogen-bond acceptors (Lipinski definition) is 4. The Bertz CT molecular complexity index is 889. The first-order chi connectivity index (χ1) is 11.3. The van der Waals surface area contributed by atoms with Crippen LogP contribution in [0.25, 0.3) is 5.65 Å². The van der Waals surface area contributed by atoms with Gasteiger partial charge in [0, 0.05) is 19.3 Å². The average Bonchev–Trinajstić information content (AvgIpc) is 2.56. The molecule has 0 aliphatic carbocycles. The van der Waals surface area contributed by atoms with E-state index >= 15 is 0 Å². The monoisotopic (exact) mass is 328 g/mol. The first-order valence-electron chi connectivity index (χ1n) is 7.86. The molecule has 24 heavy (non-hydrogen) atoms. The number of fused-ring (bicyclic) bond motifs is 1. The van der Waals surface area contributed by atoms with E-state index in [-0.39, 0.29) is 23.9 Å². The summed E-state index contributed by atoms with van der Waals surface area (Å²) >= 11 is 0. The number of nitrogens with zero attached hydrogens (tertiary/aromatic N) is 4. The number of aryl methyl sites for hydroxylation is 1. The molecule has 2 aromatic heterocycles. The molecular formula is C17H20N4O3. The smallest absolute Gasteiger partial charge is 0.258 e. The topological polar surface area (TPSA) is 75.0 Å². The third-order valence-corrected chi connectivity index (χ3v) is 4.67. The molecule has 0 unspecified atom stereocenters. The molecule has 2 aromatic rings. The van der Waals surface area contributed by atoms with Gasteiger partial charge in [-0.2, -0.15) is 0 Å². The van der Waals surface area contributed by atoms with Crippen molar-refractivity contribution in [2.75, 3.05) is 7.05 Å². The minimum Gasteiger partial charge on any atom is -0.332 e. The molecule has 126 valence electrons. The molecule has 0 bridgehead atoms. The Balaban J connectivity index is 2.00. The Morgan fingerprint density at radius 1 is 1.12 bits per heavy atom. The van der Waals surface area contributed by atoms with Gasteiger partial charge < -0.3 is 9.80 Å². The molecule has 0 radical (unpaired) electrons. The second-order valence-electron chi connectivity index (χ2n) is 6.24. The van der Waals surface area contributed by atoms with Crippen molar-refractivity contribution in [1.29, 1.82) is 0 Å². The fourth-order valence-electron chi connectivity index (χ4n) is 2.99. The highest BCUT2D eigenvalue weighted by Crippen LogP contribution is 2.19. The van der Waals surface area contributed by atoms with Gasteiger partial charge >= 0.3 is 0 Å². The minimum absolute atomic E-state index is 0.115. The van der Waals surface area contributed by atoms with Gasteiger partial charge in [-0.05, 0) is 32.4 Å². The first kappa shape index (κ1) is 16.2. The largest absolute Gasteiger partial charge is 0.332 e. The van der Waals surface area contributed by atoms with Crippen molar-refractivity contribution >= 4 is 17.5 Å². The number of aromatic nitrogens is 2. The molecule has 1 fully saturated rings. The van der Waals surface area contributed by atoms with Crippen LogP contribution in [0.1, 0.15) is 25.1 Å². The van der Waals surface area contributed by atoms with Crippen LogP contribution in [0.2, 0.25) is 0 Å². The Morgan fingerprint density at radius 2 is 1.83 bits per heavy atom. The summed E-state index contributed by atoms with van der Waals surface area (Å²) in [5, 5.41) is 0. The van der Waals surface area contributed by atoms with Crippen LogP contribution in [0, 0.1) is 6.92 Å². The third-order valence-electron chi connectivity index (χ3n) is 4.67. The highest BCUT2D eigenvalue weighted by molar-refractivity contribution is 5.96. The van der Waals surface area contributed by atoms with Crippen molar-refractivity contribution < 1.29 is 9.59 Å². The minimum atomic E-state index is -0.573. The summed E-state index contributed by atoms with van der Waals surface area (Å²) in [5.74, 6) is -0.257. The fourth-order valence-corrected chi connectivity index (χ4v) is 2.99. The van der Waals surface area contributed by atoms with Crippen molar-refractivity contribution in [3.63, 3.8) is 0 Å². The maximum atomic E-state index is 12.5. The molecule has 2 atom stereocenters. The average molecular weight is 328 g/mol. The summed E-state index contributed by atoms with van der Waals surface area (Å²) in [5.41, 5.74) is 1.72.